The van der Waals surface area contributed by atoms with Gasteiger partial charge in [0.2, 0.25) is 0 Å². The van der Waals surface area contributed by atoms with E-state index in [0.29, 0.717) is 28.8 Å². The molecule has 24 heavy (non-hydrogen) atoms. The lowest BCUT2D eigenvalue weighted by molar-refractivity contribution is -0.0344. The summed E-state index contributed by atoms with van der Waals surface area (Å²) in [6, 6.07) is 0. The Morgan fingerprint density at radius 1 is 0.750 bits per heavy atom. The van der Waals surface area contributed by atoms with E-state index in [1.165, 1.54) is 0 Å². The highest BCUT2D eigenvalue weighted by Crippen LogP contribution is 2.47. The summed E-state index contributed by atoms with van der Waals surface area (Å²) in [5, 5.41) is 0. The third-order valence-corrected chi connectivity index (χ3v) is 16.0. The molecule has 0 radical (unpaired) electrons. The Kier molecular flexibility index (Phi) is 6.42. The lowest BCUT2D eigenvalue weighted by Crippen LogP contribution is -2.65. The van der Waals surface area contributed by atoms with Crippen LogP contribution in [0.1, 0.15) is 68.7 Å². The average molecular weight is 375 g/mol. The molecule has 2 rings (SSSR count). The molecule has 0 spiro atoms. The number of rotatable bonds is 4. The Morgan fingerprint density at radius 2 is 1.25 bits per heavy atom. The third-order valence-electron chi connectivity index (χ3n) is 5.73. The summed E-state index contributed by atoms with van der Waals surface area (Å²) in [7, 11) is -4.85. The van der Waals surface area contributed by atoms with Crippen LogP contribution in [0.4, 0.5) is 0 Å². The molecule has 0 saturated carbocycles. The summed E-state index contributed by atoms with van der Waals surface area (Å²) in [5.74, 6) is 0. The van der Waals surface area contributed by atoms with Crippen LogP contribution in [0, 0.1) is 0 Å². The lowest BCUT2D eigenvalue weighted by atomic mass is 10.1. The molecule has 3 atom stereocenters. The van der Waals surface area contributed by atoms with Crippen molar-refractivity contribution in [3.05, 3.63) is 0 Å². The van der Waals surface area contributed by atoms with Gasteiger partial charge < -0.3 is 17.7 Å². The zero-order valence-electron chi connectivity index (χ0n) is 17.1. The first-order valence-corrected chi connectivity index (χ1v) is 13.7. The molecule has 2 heterocycles. The van der Waals surface area contributed by atoms with Crippen LogP contribution in [0.15, 0.2) is 0 Å². The molecule has 0 aliphatic carbocycles. The number of hydrogen-bond donors (Lipinski definition) is 0. The Hall–Kier alpha value is 0.274. The molecule has 142 valence electrons. The lowest BCUT2D eigenvalue weighted by Gasteiger charge is -2.51. The van der Waals surface area contributed by atoms with Crippen molar-refractivity contribution in [2.75, 3.05) is 6.61 Å². The molecule has 6 heteroatoms. The molecule has 0 amide bonds. The minimum Gasteiger partial charge on any atom is -0.414 e. The summed E-state index contributed by atoms with van der Waals surface area (Å²) in [5.41, 5.74) is 1.56. The van der Waals surface area contributed by atoms with Gasteiger partial charge in [0.05, 0.1) is 18.8 Å². The van der Waals surface area contributed by atoms with Crippen molar-refractivity contribution >= 4 is 17.1 Å². The van der Waals surface area contributed by atoms with Crippen molar-refractivity contribution in [1.82, 2.24) is 0 Å². The molecule has 2 saturated heterocycles. The van der Waals surface area contributed by atoms with E-state index in [-0.39, 0.29) is 18.3 Å². The summed E-state index contributed by atoms with van der Waals surface area (Å²) >= 11 is 0. The molecule has 0 aromatic heterocycles. The normalized spacial score (nSPS) is 33.1. The first kappa shape index (κ1) is 20.6. The van der Waals surface area contributed by atoms with Gasteiger partial charge in [-0.05, 0) is 29.1 Å². The van der Waals surface area contributed by atoms with Crippen LogP contribution in [-0.2, 0) is 17.7 Å². The SMILES string of the molecule is CC(C)[Si]1(C(C)C)OC[C@H]2O[C@@H](C)CC2O[Si](C(C)C)(C(C)C)O1. The quantitative estimate of drug-likeness (QED) is 0.640. The van der Waals surface area contributed by atoms with Crippen molar-refractivity contribution in [3.63, 3.8) is 0 Å². The van der Waals surface area contributed by atoms with E-state index < -0.39 is 17.1 Å². The van der Waals surface area contributed by atoms with Gasteiger partial charge in [-0.25, -0.2) is 0 Å². The zero-order valence-corrected chi connectivity index (χ0v) is 19.1. The zero-order chi connectivity index (χ0) is 18.3. The van der Waals surface area contributed by atoms with Crippen LogP contribution >= 0.6 is 0 Å². The molecule has 0 N–H and O–H groups in total. The van der Waals surface area contributed by atoms with Gasteiger partial charge in [-0.3, -0.25) is 0 Å². The Balaban J connectivity index is 2.49. The molecular formula is C18H38O4Si2. The Bertz CT molecular complexity index is 409. The van der Waals surface area contributed by atoms with Crippen LogP contribution in [0.25, 0.3) is 0 Å². The van der Waals surface area contributed by atoms with Crippen molar-refractivity contribution in [2.24, 2.45) is 0 Å². The van der Waals surface area contributed by atoms with Crippen molar-refractivity contribution in [1.29, 1.82) is 0 Å². The summed E-state index contributed by atoms with van der Waals surface area (Å²) < 4.78 is 26.8. The van der Waals surface area contributed by atoms with Crippen LogP contribution in [-0.4, -0.2) is 42.0 Å². The minimum atomic E-state index is -2.44. The first-order valence-electron chi connectivity index (χ1n) is 9.72. The van der Waals surface area contributed by atoms with Gasteiger partial charge in [0.25, 0.3) is 0 Å². The maximum atomic E-state index is 7.13. The summed E-state index contributed by atoms with van der Waals surface area (Å²) in [6.45, 7) is 20.8. The number of hydrogen-bond acceptors (Lipinski definition) is 4. The maximum absolute atomic E-state index is 7.13. The van der Waals surface area contributed by atoms with E-state index in [2.05, 4.69) is 62.3 Å². The van der Waals surface area contributed by atoms with E-state index in [0.717, 1.165) is 6.42 Å². The third kappa shape index (κ3) is 3.55. The Morgan fingerprint density at radius 3 is 1.71 bits per heavy atom. The summed E-state index contributed by atoms with van der Waals surface area (Å²) in [4.78, 5) is 0. The highest BCUT2D eigenvalue weighted by Gasteiger charge is 2.59. The van der Waals surface area contributed by atoms with Crippen LogP contribution in [0.5, 0.6) is 0 Å². The van der Waals surface area contributed by atoms with E-state index in [9.17, 15) is 0 Å². The van der Waals surface area contributed by atoms with E-state index >= 15 is 0 Å². The van der Waals surface area contributed by atoms with Crippen LogP contribution in [0.2, 0.25) is 22.2 Å². The first-order chi connectivity index (χ1) is 11.0. The fraction of sp³-hybridized carbons (Fsp3) is 1.00. The number of ether oxygens (including phenoxy) is 1. The van der Waals surface area contributed by atoms with Crippen LogP contribution < -0.4 is 0 Å². The average Bonchev–Trinajstić information content (AvgIpc) is 2.77. The standard InChI is InChI=1S/C18H38O4Si2/c1-12(2)23(13(3)4)19-11-18-17(10-16(9)20-18)21-24(22-23,14(5)6)15(7)8/h12-18H,10-11H2,1-9H3/t16-,17?,18+/m0/s1. The fourth-order valence-corrected chi connectivity index (χ4v) is 15.6. The van der Waals surface area contributed by atoms with Crippen molar-refractivity contribution in [2.45, 2.75) is 109 Å². The van der Waals surface area contributed by atoms with E-state index in [4.69, 9.17) is 17.7 Å². The van der Waals surface area contributed by atoms with Crippen molar-refractivity contribution < 1.29 is 17.7 Å². The Labute approximate surface area is 151 Å². The van der Waals surface area contributed by atoms with Gasteiger partial charge in [0.1, 0.15) is 6.10 Å². The minimum absolute atomic E-state index is 0.0534. The number of fused-ring (bicyclic) bond motifs is 1. The topological polar surface area (TPSA) is 36.9 Å². The van der Waals surface area contributed by atoms with Gasteiger partial charge in [-0.2, -0.15) is 0 Å². The molecule has 0 aromatic rings. The molecule has 2 aliphatic rings. The van der Waals surface area contributed by atoms with Gasteiger partial charge in [0.15, 0.2) is 0 Å². The highest BCUT2D eigenvalue weighted by atomic mass is 28.5. The maximum Gasteiger partial charge on any atom is 0.335 e. The molecule has 2 fully saturated rings. The van der Waals surface area contributed by atoms with Crippen molar-refractivity contribution in [3.8, 4) is 0 Å². The molecule has 1 unspecified atom stereocenters. The molecule has 2 aliphatic heterocycles. The van der Waals surface area contributed by atoms with Gasteiger partial charge in [-0.15, -0.1) is 0 Å². The largest absolute Gasteiger partial charge is 0.414 e. The highest BCUT2D eigenvalue weighted by molar-refractivity contribution is 6.83. The van der Waals surface area contributed by atoms with Gasteiger partial charge in [-0.1, -0.05) is 55.4 Å². The molecule has 4 nitrogen and oxygen atoms in total. The van der Waals surface area contributed by atoms with Crippen LogP contribution in [0.3, 0.4) is 0 Å². The van der Waals surface area contributed by atoms with Gasteiger partial charge >= 0.3 is 17.1 Å². The van der Waals surface area contributed by atoms with E-state index in [1.54, 1.807) is 0 Å². The molecular weight excluding hydrogens is 336 g/mol. The second kappa shape index (κ2) is 7.49. The predicted octanol–water partition coefficient (Wildman–Crippen LogP) is 5.12. The smallest absolute Gasteiger partial charge is 0.335 e. The summed E-state index contributed by atoms with van der Waals surface area (Å²) in [6.07, 6.45) is 1.35. The van der Waals surface area contributed by atoms with E-state index in [1.807, 2.05) is 0 Å². The fourth-order valence-electron chi connectivity index (χ4n) is 4.35. The predicted molar refractivity (Wildman–Crippen MR) is 103 cm³/mol. The molecule has 0 aromatic carbocycles. The second-order valence-electron chi connectivity index (χ2n) is 8.85. The monoisotopic (exact) mass is 374 g/mol. The molecule has 0 bridgehead atoms. The second-order valence-corrected chi connectivity index (χ2v) is 17.7. The van der Waals surface area contributed by atoms with Gasteiger partial charge in [0, 0.05) is 6.42 Å².